The van der Waals surface area contributed by atoms with Crippen molar-refractivity contribution < 1.29 is 9.18 Å². The molecule has 2 aromatic heterocycles. The number of fused-ring (bicyclic) bond motifs is 2. The zero-order valence-corrected chi connectivity index (χ0v) is 17.6. The van der Waals surface area contributed by atoms with Gasteiger partial charge in [-0.05, 0) is 25.5 Å². The Morgan fingerprint density at radius 3 is 2.90 bits per heavy atom. The third-order valence-electron chi connectivity index (χ3n) is 5.81. The van der Waals surface area contributed by atoms with E-state index in [1.807, 2.05) is 13.0 Å². The number of aryl methyl sites for hydroxylation is 1. The van der Waals surface area contributed by atoms with Crippen LogP contribution in [0.2, 0.25) is 5.02 Å². The monoisotopic (exact) mass is 441 g/mol. The largest absolute Gasteiger partial charge is 0.333 e. The molecule has 0 spiro atoms. The zero-order valence-electron chi connectivity index (χ0n) is 16.8. The van der Waals surface area contributed by atoms with Gasteiger partial charge in [-0.3, -0.25) is 19.8 Å². The van der Waals surface area contributed by atoms with E-state index in [0.29, 0.717) is 24.7 Å². The molecule has 2 bridgehead atoms. The standard InChI is InChI=1S/C21H21ClFN7O/c1-12-5-18(28-27-12)26-19-8-24-7-13(25-19)9-29-10-15-6-14(29)11-30(15)21(31)16-3-2-4-17(22)20(16)23/h2-5,7-8,14-15H,6,9-11H2,1H3,(H2,25,26,27,28)/t14-,15-/m0/s1. The van der Waals surface area contributed by atoms with Gasteiger partial charge in [0, 0.05) is 49.7 Å². The number of aromatic nitrogens is 4. The van der Waals surface area contributed by atoms with Crippen LogP contribution in [-0.2, 0) is 6.54 Å². The normalized spacial score (nSPS) is 20.4. The van der Waals surface area contributed by atoms with Gasteiger partial charge in [-0.1, -0.05) is 17.7 Å². The fraction of sp³-hybridized carbons (Fsp3) is 0.333. The number of H-pyrrole nitrogens is 1. The molecule has 1 amide bonds. The van der Waals surface area contributed by atoms with Crippen molar-refractivity contribution in [2.24, 2.45) is 0 Å². The summed E-state index contributed by atoms with van der Waals surface area (Å²) in [5.41, 5.74) is 1.82. The Morgan fingerprint density at radius 1 is 1.29 bits per heavy atom. The second-order valence-electron chi connectivity index (χ2n) is 7.99. The third-order valence-corrected chi connectivity index (χ3v) is 6.10. The predicted octanol–water partition coefficient (Wildman–Crippen LogP) is 3.14. The van der Waals surface area contributed by atoms with Gasteiger partial charge in [-0.25, -0.2) is 9.37 Å². The topological polar surface area (TPSA) is 90.0 Å². The molecule has 31 heavy (non-hydrogen) atoms. The molecular weight excluding hydrogens is 421 g/mol. The van der Waals surface area contributed by atoms with Crippen LogP contribution in [0.3, 0.4) is 0 Å². The van der Waals surface area contributed by atoms with Gasteiger partial charge in [-0.2, -0.15) is 5.10 Å². The number of anilines is 2. The molecule has 0 aliphatic carbocycles. The highest BCUT2D eigenvalue weighted by Crippen LogP contribution is 2.33. The second-order valence-corrected chi connectivity index (χ2v) is 8.40. The Bertz CT molecular complexity index is 1140. The van der Waals surface area contributed by atoms with Crippen molar-refractivity contribution in [3.8, 4) is 0 Å². The Balaban J connectivity index is 1.24. The average Bonchev–Trinajstić information content (AvgIpc) is 3.46. The van der Waals surface area contributed by atoms with Crippen molar-refractivity contribution in [2.45, 2.75) is 32.0 Å². The van der Waals surface area contributed by atoms with Crippen LogP contribution in [-0.4, -0.2) is 61.0 Å². The van der Waals surface area contributed by atoms with E-state index in [-0.39, 0.29) is 28.6 Å². The summed E-state index contributed by atoms with van der Waals surface area (Å²) in [5.74, 6) is 0.362. The molecule has 0 unspecified atom stereocenters. The summed E-state index contributed by atoms with van der Waals surface area (Å²) in [6.07, 6.45) is 4.27. The summed E-state index contributed by atoms with van der Waals surface area (Å²) < 4.78 is 14.3. The quantitative estimate of drug-likeness (QED) is 0.632. The van der Waals surface area contributed by atoms with Crippen molar-refractivity contribution in [2.75, 3.05) is 18.4 Å². The van der Waals surface area contributed by atoms with E-state index >= 15 is 0 Å². The summed E-state index contributed by atoms with van der Waals surface area (Å²) in [5, 5.41) is 10.1. The van der Waals surface area contributed by atoms with E-state index in [2.05, 4.69) is 30.4 Å². The lowest BCUT2D eigenvalue weighted by Crippen LogP contribution is -2.48. The summed E-state index contributed by atoms with van der Waals surface area (Å²) in [7, 11) is 0. The highest BCUT2D eigenvalue weighted by atomic mass is 35.5. The maximum atomic E-state index is 14.3. The molecule has 160 valence electrons. The fourth-order valence-corrected chi connectivity index (χ4v) is 4.55. The Morgan fingerprint density at radius 2 is 2.16 bits per heavy atom. The van der Waals surface area contributed by atoms with Crippen LogP contribution < -0.4 is 5.32 Å². The molecule has 2 atom stereocenters. The van der Waals surface area contributed by atoms with Gasteiger partial charge in [0.2, 0.25) is 0 Å². The van der Waals surface area contributed by atoms with Gasteiger partial charge in [0.15, 0.2) is 11.6 Å². The van der Waals surface area contributed by atoms with Crippen molar-refractivity contribution in [1.82, 2.24) is 30.0 Å². The van der Waals surface area contributed by atoms with Crippen molar-refractivity contribution in [3.63, 3.8) is 0 Å². The van der Waals surface area contributed by atoms with Gasteiger partial charge in [0.1, 0.15) is 5.82 Å². The van der Waals surface area contributed by atoms with Crippen molar-refractivity contribution >= 4 is 29.1 Å². The number of benzene rings is 1. The molecule has 0 radical (unpaired) electrons. The van der Waals surface area contributed by atoms with Gasteiger partial charge >= 0.3 is 0 Å². The predicted molar refractivity (Wildman–Crippen MR) is 114 cm³/mol. The average molecular weight is 442 g/mol. The molecule has 2 aliphatic heterocycles. The Labute approximate surface area is 183 Å². The first-order valence-corrected chi connectivity index (χ1v) is 10.4. The van der Waals surface area contributed by atoms with Crippen LogP contribution in [0, 0.1) is 12.7 Å². The molecule has 3 aromatic rings. The number of likely N-dealkylation sites (tertiary alicyclic amines) is 2. The number of nitrogens with one attached hydrogen (secondary N) is 2. The van der Waals surface area contributed by atoms with Gasteiger partial charge in [-0.15, -0.1) is 0 Å². The molecular formula is C21H21ClFN7O. The van der Waals surface area contributed by atoms with Gasteiger partial charge < -0.3 is 10.2 Å². The lowest BCUT2D eigenvalue weighted by Gasteiger charge is -2.34. The number of nitrogens with zero attached hydrogens (tertiary/aromatic N) is 5. The van der Waals surface area contributed by atoms with E-state index in [9.17, 15) is 9.18 Å². The smallest absolute Gasteiger partial charge is 0.257 e. The van der Waals surface area contributed by atoms with Crippen LogP contribution in [0.5, 0.6) is 0 Å². The lowest BCUT2D eigenvalue weighted by molar-refractivity contribution is 0.0610. The highest BCUT2D eigenvalue weighted by Gasteiger charge is 2.45. The van der Waals surface area contributed by atoms with Crippen molar-refractivity contribution in [1.29, 1.82) is 0 Å². The molecule has 2 aliphatic rings. The molecule has 10 heteroatoms. The maximum Gasteiger partial charge on any atom is 0.257 e. The van der Waals surface area contributed by atoms with Crippen LogP contribution >= 0.6 is 11.6 Å². The number of rotatable bonds is 5. The minimum atomic E-state index is -0.652. The third kappa shape index (κ3) is 3.86. The molecule has 5 rings (SSSR count). The van der Waals surface area contributed by atoms with E-state index in [4.69, 9.17) is 11.6 Å². The van der Waals surface area contributed by atoms with Crippen LogP contribution in [0.1, 0.15) is 28.2 Å². The number of amides is 1. The summed E-state index contributed by atoms with van der Waals surface area (Å²) >= 11 is 5.84. The van der Waals surface area contributed by atoms with E-state index in [1.54, 1.807) is 23.4 Å². The van der Waals surface area contributed by atoms with Gasteiger partial charge in [0.05, 0.1) is 22.5 Å². The van der Waals surface area contributed by atoms with E-state index in [1.165, 1.54) is 12.1 Å². The number of aromatic amines is 1. The first-order valence-electron chi connectivity index (χ1n) is 10.1. The Kier molecular flexibility index (Phi) is 5.07. The van der Waals surface area contributed by atoms with Crippen LogP contribution in [0.15, 0.2) is 36.7 Å². The Hall–Kier alpha value is -3.04. The molecule has 1 aromatic carbocycles. The highest BCUT2D eigenvalue weighted by molar-refractivity contribution is 6.31. The first kappa shape index (κ1) is 19.9. The van der Waals surface area contributed by atoms with Gasteiger partial charge in [0.25, 0.3) is 5.91 Å². The lowest BCUT2D eigenvalue weighted by atomic mass is 10.1. The number of carbonyl (C=O) groups excluding carboxylic acids is 1. The molecule has 2 N–H and O–H groups in total. The molecule has 2 fully saturated rings. The number of carbonyl (C=O) groups is 1. The summed E-state index contributed by atoms with van der Waals surface area (Å²) in [6.45, 7) is 3.85. The molecule has 2 saturated heterocycles. The van der Waals surface area contributed by atoms with E-state index < -0.39 is 5.82 Å². The summed E-state index contributed by atoms with van der Waals surface area (Å²) in [6, 6.07) is 6.69. The molecule has 0 saturated carbocycles. The number of hydrogen-bond acceptors (Lipinski definition) is 6. The summed E-state index contributed by atoms with van der Waals surface area (Å²) in [4.78, 5) is 25.8. The number of piperazine rings is 1. The van der Waals surface area contributed by atoms with E-state index in [0.717, 1.165) is 24.4 Å². The minimum absolute atomic E-state index is 0.0323. The van der Waals surface area contributed by atoms with Crippen LogP contribution in [0.25, 0.3) is 0 Å². The molecule has 8 nitrogen and oxygen atoms in total. The SMILES string of the molecule is Cc1cc(Nc2cncc(CN3C[C@@H]4C[C@H]3CN4C(=O)c3cccc(Cl)c3F)n2)n[nH]1. The number of hydrogen-bond donors (Lipinski definition) is 2. The maximum absolute atomic E-state index is 14.3. The minimum Gasteiger partial charge on any atom is -0.333 e. The zero-order chi connectivity index (χ0) is 21.5. The number of halogens is 2. The second kappa shape index (κ2) is 7.90. The molecule has 4 heterocycles. The first-order chi connectivity index (χ1) is 15.0. The van der Waals surface area contributed by atoms with Crippen molar-refractivity contribution in [3.05, 3.63) is 64.5 Å². The van der Waals surface area contributed by atoms with Crippen LogP contribution in [0.4, 0.5) is 16.0 Å². The fourth-order valence-electron chi connectivity index (χ4n) is 4.38.